The molecule has 1 aromatic rings. The van der Waals surface area contributed by atoms with Gasteiger partial charge < -0.3 is 15.2 Å². The molecule has 0 aromatic carbocycles. The lowest BCUT2D eigenvalue weighted by atomic mass is 10.2. The number of anilines is 1. The van der Waals surface area contributed by atoms with E-state index in [4.69, 9.17) is 10.3 Å². The number of aromatic nitrogens is 2. The monoisotopic (exact) mass is 242 g/mol. The van der Waals surface area contributed by atoms with E-state index in [2.05, 4.69) is 21.3 Å². The summed E-state index contributed by atoms with van der Waals surface area (Å²) in [6, 6.07) is -0.128. The minimum absolute atomic E-state index is 0.128. The Labute approximate surface area is 99.8 Å². The maximum atomic E-state index is 5.96. The number of thioether (sulfide) groups is 1. The highest BCUT2D eigenvalue weighted by Gasteiger charge is 2.20. The van der Waals surface area contributed by atoms with Crippen LogP contribution in [0.5, 0.6) is 0 Å². The molecule has 0 amide bonds. The van der Waals surface area contributed by atoms with Gasteiger partial charge in [-0.05, 0) is 36.4 Å². The van der Waals surface area contributed by atoms with Crippen LogP contribution in [0.25, 0.3) is 0 Å². The van der Waals surface area contributed by atoms with Gasteiger partial charge in [-0.15, -0.1) is 0 Å². The zero-order valence-electron chi connectivity index (χ0n) is 9.56. The van der Waals surface area contributed by atoms with Gasteiger partial charge in [0, 0.05) is 13.1 Å². The van der Waals surface area contributed by atoms with E-state index in [1.807, 2.05) is 0 Å². The molecule has 0 spiro atoms. The number of nitrogens with two attached hydrogens (primary N) is 1. The van der Waals surface area contributed by atoms with Gasteiger partial charge in [0.05, 0.1) is 6.04 Å². The van der Waals surface area contributed by atoms with E-state index in [0.717, 1.165) is 25.3 Å². The molecule has 1 aliphatic heterocycles. The second-order valence-electron chi connectivity index (χ2n) is 4.01. The van der Waals surface area contributed by atoms with E-state index in [1.165, 1.54) is 12.8 Å². The van der Waals surface area contributed by atoms with Crippen LogP contribution in [0.3, 0.4) is 0 Å². The van der Waals surface area contributed by atoms with E-state index >= 15 is 0 Å². The fourth-order valence-electron chi connectivity index (χ4n) is 1.79. The van der Waals surface area contributed by atoms with Crippen LogP contribution in [0.15, 0.2) is 4.52 Å². The van der Waals surface area contributed by atoms with Crippen LogP contribution in [0.1, 0.15) is 31.2 Å². The quantitative estimate of drug-likeness (QED) is 0.842. The Morgan fingerprint density at radius 2 is 2.25 bits per heavy atom. The van der Waals surface area contributed by atoms with Crippen molar-refractivity contribution in [3.63, 3.8) is 0 Å². The van der Waals surface area contributed by atoms with Crippen molar-refractivity contribution in [1.29, 1.82) is 0 Å². The number of nitrogens with zero attached hydrogens (tertiary/aromatic N) is 3. The summed E-state index contributed by atoms with van der Waals surface area (Å²) >= 11 is 1.78. The second-order valence-corrected chi connectivity index (χ2v) is 5.00. The number of rotatable bonds is 5. The second kappa shape index (κ2) is 5.54. The van der Waals surface area contributed by atoms with Crippen molar-refractivity contribution >= 4 is 17.7 Å². The maximum absolute atomic E-state index is 5.96. The predicted octanol–water partition coefficient (Wildman–Crippen LogP) is 1.42. The van der Waals surface area contributed by atoms with Crippen LogP contribution >= 0.6 is 11.8 Å². The molecule has 2 rings (SSSR count). The number of hydrogen-bond acceptors (Lipinski definition) is 6. The van der Waals surface area contributed by atoms with Gasteiger partial charge in [-0.3, -0.25) is 0 Å². The minimum atomic E-state index is -0.128. The molecule has 1 aromatic heterocycles. The Hall–Kier alpha value is -0.750. The zero-order chi connectivity index (χ0) is 11.4. The third-order valence-electron chi connectivity index (χ3n) is 2.77. The largest absolute Gasteiger partial charge is 0.338 e. The van der Waals surface area contributed by atoms with Crippen LogP contribution < -0.4 is 10.6 Å². The highest BCUT2D eigenvalue weighted by atomic mass is 32.2. The van der Waals surface area contributed by atoms with Gasteiger partial charge in [0.25, 0.3) is 5.95 Å². The van der Waals surface area contributed by atoms with E-state index in [1.54, 1.807) is 11.8 Å². The van der Waals surface area contributed by atoms with Crippen molar-refractivity contribution in [2.45, 2.75) is 25.3 Å². The molecule has 16 heavy (non-hydrogen) atoms. The van der Waals surface area contributed by atoms with E-state index in [-0.39, 0.29) is 6.04 Å². The molecule has 1 fully saturated rings. The summed E-state index contributed by atoms with van der Waals surface area (Å²) in [5.74, 6) is 2.28. The lowest BCUT2D eigenvalue weighted by Gasteiger charge is -2.10. The standard InChI is InChI=1S/C10H18N4OS/c1-16-7-4-8(11)9-12-10(13-15-9)14-5-2-3-6-14/h8H,2-7,11H2,1H3/t8-/m0/s1. The summed E-state index contributed by atoms with van der Waals surface area (Å²) in [7, 11) is 0. The summed E-state index contributed by atoms with van der Waals surface area (Å²) in [5.41, 5.74) is 5.96. The minimum Gasteiger partial charge on any atom is -0.338 e. The molecule has 2 N–H and O–H groups in total. The van der Waals surface area contributed by atoms with Gasteiger partial charge >= 0.3 is 0 Å². The summed E-state index contributed by atoms with van der Waals surface area (Å²) in [6.07, 6.45) is 5.36. The van der Waals surface area contributed by atoms with Crippen LogP contribution in [0, 0.1) is 0 Å². The van der Waals surface area contributed by atoms with Crippen LogP contribution in [0.4, 0.5) is 5.95 Å². The normalized spacial score (nSPS) is 18.0. The molecule has 5 nitrogen and oxygen atoms in total. The van der Waals surface area contributed by atoms with Gasteiger partial charge in [0.15, 0.2) is 0 Å². The highest BCUT2D eigenvalue weighted by Crippen LogP contribution is 2.20. The van der Waals surface area contributed by atoms with Crippen molar-refractivity contribution in [2.24, 2.45) is 5.73 Å². The molecule has 6 heteroatoms. The van der Waals surface area contributed by atoms with Crippen molar-refractivity contribution in [3.8, 4) is 0 Å². The van der Waals surface area contributed by atoms with Crippen LogP contribution in [-0.4, -0.2) is 35.2 Å². The van der Waals surface area contributed by atoms with Crippen LogP contribution in [0.2, 0.25) is 0 Å². The fraction of sp³-hybridized carbons (Fsp3) is 0.800. The van der Waals surface area contributed by atoms with Gasteiger partial charge in [-0.2, -0.15) is 16.7 Å². The predicted molar refractivity (Wildman–Crippen MR) is 65.7 cm³/mol. The van der Waals surface area contributed by atoms with Gasteiger partial charge in [0.2, 0.25) is 5.89 Å². The lowest BCUT2D eigenvalue weighted by Crippen LogP contribution is -2.19. The molecule has 1 atom stereocenters. The molecule has 0 bridgehead atoms. The van der Waals surface area contributed by atoms with Gasteiger partial charge in [-0.1, -0.05) is 0 Å². The summed E-state index contributed by atoms with van der Waals surface area (Å²) in [5, 5.41) is 3.98. The smallest absolute Gasteiger partial charge is 0.266 e. The highest BCUT2D eigenvalue weighted by molar-refractivity contribution is 7.98. The molecule has 0 unspecified atom stereocenters. The first-order valence-electron chi connectivity index (χ1n) is 5.64. The first-order chi connectivity index (χ1) is 7.81. The zero-order valence-corrected chi connectivity index (χ0v) is 10.4. The summed E-state index contributed by atoms with van der Waals surface area (Å²) in [4.78, 5) is 6.51. The Morgan fingerprint density at radius 3 is 2.94 bits per heavy atom. The molecule has 90 valence electrons. The van der Waals surface area contributed by atoms with Crippen molar-refractivity contribution < 1.29 is 4.52 Å². The Kier molecular flexibility index (Phi) is 4.06. The summed E-state index contributed by atoms with van der Waals surface area (Å²) < 4.78 is 5.20. The molecule has 2 heterocycles. The molecule has 0 aliphatic carbocycles. The third-order valence-corrected chi connectivity index (χ3v) is 3.41. The van der Waals surface area contributed by atoms with Crippen molar-refractivity contribution in [2.75, 3.05) is 30.0 Å². The molecular weight excluding hydrogens is 224 g/mol. The lowest BCUT2D eigenvalue weighted by molar-refractivity contribution is 0.352. The van der Waals surface area contributed by atoms with E-state index in [0.29, 0.717) is 11.8 Å². The maximum Gasteiger partial charge on any atom is 0.266 e. The Bertz CT molecular complexity index is 324. The molecule has 1 aliphatic rings. The van der Waals surface area contributed by atoms with Gasteiger partial charge in [0.1, 0.15) is 0 Å². The molecule has 1 saturated heterocycles. The topological polar surface area (TPSA) is 68.2 Å². The van der Waals surface area contributed by atoms with Crippen LogP contribution in [-0.2, 0) is 0 Å². The average Bonchev–Trinajstić information content (AvgIpc) is 2.94. The van der Waals surface area contributed by atoms with Crippen molar-refractivity contribution in [1.82, 2.24) is 10.1 Å². The molecule has 0 radical (unpaired) electrons. The van der Waals surface area contributed by atoms with Gasteiger partial charge in [-0.25, -0.2) is 0 Å². The Morgan fingerprint density at radius 1 is 1.50 bits per heavy atom. The molecular formula is C10H18N4OS. The summed E-state index contributed by atoms with van der Waals surface area (Å²) in [6.45, 7) is 2.05. The first kappa shape index (κ1) is 11.7. The SMILES string of the molecule is CSCC[C@H](N)c1nc(N2CCCC2)no1. The fourth-order valence-corrected chi connectivity index (χ4v) is 2.28. The van der Waals surface area contributed by atoms with E-state index in [9.17, 15) is 0 Å². The Balaban J connectivity index is 1.95. The number of hydrogen-bond donors (Lipinski definition) is 1. The first-order valence-corrected chi connectivity index (χ1v) is 7.03. The van der Waals surface area contributed by atoms with Crippen molar-refractivity contribution in [3.05, 3.63) is 5.89 Å². The van der Waals surface area contributed by atoms with E-state index < -0.39 is 0 Å². The average molecular weight is 242 g/mol. The third kappa shape index (κ3) is 2.68. The molecule has 0 saturated carbocycles.